The van der Waals surface area contributed by atoms with E-state index in [0.29, 0.717) is 0 Å². The first-order valence-corrected chi connectivity index (χ1v) is 5.80. The maximum Gasteiger partial charge on any atom is 0.0861 e. The molecule has 0 N–H and O–H groups in total. The van der Waals surface area contributed by atoms with Crippen LogP contribution in [0.2, 0.25) is 0 Å². The van der Waals surface area contributed by atoms with Crippen LogP contribution in [0, 0.1) is 0 Å². The summed E-state index contributed by atoms with van der Waals surface area (Å²) in [6.45, 7) is 7.85. The molecule has 0 aliphatic carbocycles. The van der Waals surface area contributed by atoms with Gasteiger partial charge in [0, 0.05) is 9.75 Å². The average Bonchev–Trinajstić information content (AvgIpc) is 1.98. The van der Waals surface area contributed by atoms with E-state index in [-0.39, 0.29) is 9.75 Å². The predicted octanol–water partition coefficient (Wildman–Crippen LogP) is 4.85. The average molecular weight is 251 g/mol. The van der Waals surface area contributed by atoms with Gasteiger partial charge in [-0.05, 0) is 52.7 Å². The van der Waals surface area contributed by atoms with E-state index >= 15 is 0 Å². The lowest BCUT2D eigenvalue weighted by molar-refractivity contribution is 0.396. The second kappa shape index (κ2) is 6.44. The molecule has 15 heavy (non-hydrogen) atoms. The van der Waals surface area contributed by atoms with Crippen molar-refractivity contribution in [3.05, 3.63) is 24.7 Å². The molecular formula is C12H20Cl2O. The van der Waals surface area contributed by atoms with Gasteiger partial charge in [0.25, 0.3) is 0 Å². The molecule has 0 aromatic heterocycles. The highest BCUT2D eigenvalue weighted by molar-refractivity contribution is 6.23. The van der Waals surface area contributed by atoms with Crippen molar-refractivity contribution in [1.29, 1.82) is 0 Å². The number of allylic oxidation sites excluding steroid dienone is 2. The van der Waals surface area contributed by atoms with E-state index in [1.807, 2.05) is 39.8 Å². The number of hydrogen-bond donors (Lipinski definition) is 0. The second-order valence-electron chi connectivity index (χ2n) is 4.73. The van der Waals surface area contributed by atoms with Gasteiger partial charge in [-0.2, -0.15) is 0 Å². The molecule has 0 unspecified atom stereocenters. The summed E-state index contributed by atoms with van der Waals surface area (Å²) in [5.74, 6) is 0. The molecule has 0 heterocycles. The lowest BCUT2D eigenvalue weighted by atomic mass is 10.1. The lowest BCUT2D eigenvalue weighted by Crippen LogP contribution is -2.07. The van der Waals surface area contributed by atoms with Crippen LogP contribution in [0.3, 0.4) is 0 Å². The second-order valence-corrected chi connectivity index (χ2v) is 6.77. The third kappa shape index (κ3) is 13.9. The SMILES string of the molecule is CC(C)(Cl)CC=COC=CCC(C)(C)Cl. The number of ether oxygens (including phenoxy) is 1. The lowest BCUT2D eigenvalue weighted by Gasteiger charge is -2.11. The molecule has 0 bridgehead atoms. The van der Waals surface area contributed by atoms with Crippen molar-refractivity contribution in [3.63, 3.8) is 0 Å². The van der Waals surface area contributed by atoms with Crippen LogP contribution in [0.5, 0.6) is 0 Å². The molecule has 0 aliphatic heterocycles. The molecule has 0 rings (SSSR count). The van der Waals surface area contributed by atoms with Gasteiger partial charge in [-0.1, -0.05) is 0 Å². The molecule has 0 spiro atoms. The van der Waals surface area contributed by atoms with E-state index < -0.39 is 0 Å². The van der Waals surface area contributed by atoms with E-state index in [0.717, 1.165) is 12.8 Å². The Hall–Kier alpha value is -0.140. The van der Waals surface area contributed by atoms with Crippen LogP contribution >= 0.6 is 23.2 Å². The number of rotatable bonds is 6. The Morgan fingerprint density at radius 1 is 0.867 bits per heavy atom. The van der Waals surface area contributed by atoms with Crippen molar-refractivity contribution in [3.8, 4) is 0 Å². The van der Waals surface area contributed by atoms with Crippen LogP contribution in [-0.2, 0) is 4.74 Å². The molecule has 1 nitrogen and oxygen atoms in total. The maximum atomic E-state index is 5.99. The topological polar surface area (TPSA) is 9.23 Å². The fourth-order valence-electron chi connectivity index (χ4n) is 0.813. The molecule has 0 aliphatic rings. The Balaban J connectivity index is 3.62. The Kier molecular flexibility index (Phi) is 6.38. The fraction of sp³-hybridized carbons (Fsp3) is 0.667. The molecule has 0 radical (unpaired) electrons. The van der Waals surface area contributed by atoms with Gasteiger partial charge in [0.15, 0.2) is 0 Å². The third-order valence-electron chi connectivity index (χ3n) is 1.56. The number of halogens is 2. The summed E-state index contributed by atoms with van der Waals surface area (Å²) in [5, 5.41) is 0. The summed E-state index contributed by atoms with van der Waals surface area (Å²) in [7, 11) is 0. The van der Waals surface area contributed by atoms with Crippen molar-refractivity contribution in [2.24, 2.45) is 0 Å². The Bertz CT molecular complexity index is 195. The molecule has 0 aromatic rings. The normalized spacial score (nSPS) is 14.0. The van der Waals surface area contributed by atoms with E-state index in [1.165, 1.54) is 0 Å². The first-order valence-electron chi connectivity index (χ1n) is 5.04. The number of alkyl halides is 2. The Morgan fingerprint density at radius 2 is 1.20 bits per heavy atom. The van der Waals surface area contributed by atoms with Gasteiger partial charge >= 0.3 is 0 Å². The molecule has 0 fully saturated rings. The molecule has 3 heteroatoms. The van der Waals surface area contributed by atoms with E-state index in [4.69, 9.17) is 27.9 Å². The van der Waals surface area contributed by atoms with Gasteiger partial charge in [-0.15, -0.1) is 23.2 Å². The summed E-state index contributed by atoms with van der Waals surface area (Å²) in [6.07, 6.45) is 8.66. The summed E-state index contributed by atoms with van der Waals surface area (Å²) < 4.78 is 5.15. The Labute approximate surface area is 103 Å². The molecule has 0 aromatic carbocycles. The smallest absolute Gasteiger partial charge is 0.0861 e. The van der Waals surface area contributed by atoms with E-state index in [9.17, 15) is 0 Å². The summed E-state index contributed by atoms with van der Waals surface area (Å²) in [6, 6.07) is 0. The molecule has 0 saturated carbocycles. The van der Waals surface area contributed by atoms with Gasteiger partial charge in [0.05, 0.1) is 12.5 Å². The van der Waals surface area contributed by atoms with Crippen LogP contribution in [0.4, 0.5) is 0 Å². The van der Waals surface area contributed by atoms with Gasteiger partial charge in [-0.3, -0.25) is 0 Å². The molecular weight excluding hydrogens is 231 g/mol. The first kappa shape index (κ1) is 14.9. The summed E-state index contributed by atoms with van der Waals surface area (Å²) in [5.41, 5.74) is 0. The fourth-order valence-corrected chi connectivity index (χ4v) is 0.991. The van der Waals surface area contributed by atoms with Gasteiger partial charge in [0.1, 0.15) is 0 Å². The van der Waals surface area contributed by atoms with Crippen LogP contribution in [0.25, 0.3) is 0 Å². The van der Waals surface area contributed by atoms with Crippen molar-refractivity contribution < 1.29 is 4.74 Å². The zero-order valence-corrected chi connectivity index (χ0v) is 11.4. The van der Waals surface area contributed by atoms with Crippen molar-refractivity contribution in [2.45, 2.75) is 50.3 Å². The maximum absolute atomic E-state index is 5.99. The molecule has 0 atom stereocenters. The zero-order valence-electron chi connectivity index (χ0n) is 9.89. The minimum Gasteiger partial charge on any atom is -0.473 e. The highest BCUT2D eigenvalue weighted by atomic mass is 35.5. The van der Waals surface area contributed by atoms with Crippen LogP contribution in [-0.4, -0.2) is 9.75 Å². The van der Waals surface area contributed by atoms with Crippen LogP contribution < -0.4 is 0 Å². The van der Waals surface area contributed by atoms with Gasteiger partial charge in [-0.25, -0.2) is 0 Å². The minimum atomic E-state index is -0.207. The summed E-state index contributed by atoms with van der Waals surface area (Å²) in [4.78, 5) is -0.413. The van der Waals surface area contributed by atoms with Gasteiger partial charge < -0.3 is 4.74 Å². The minimum absolute atomic E-state index is 0.207. The molecule has 88 valence electrons. The van der Waals surface area contributed by atoms with Crippen molar-refractivity contribution >= 4 is 23.2 Å². The van der Waals surface area contributed by atoms with Crippen LogP contribution in [0.1, 0.15) is 40.5 Å². The largest absolute Gasteiger partial charge is 0.473 e. The zero-order chi connectivity index (χ0) is 11.9. The van der Waals surface area contributed by atoms with Crippen molar-refractivity contribution in [2.75, 3.05) is 0 Å². The third-order valence-corrected chi connectivity index (χ3v) is 1.86. The highest BCUT2D eigenvalue weighted by Crippen LogP contribution is 2.18. The molecule has 0 amide bonds. The van der Waals surface area contributed by atoms with Crippen LogP contribution in [0.15, 0.2) is 24.7 Å². The van der Waals surface area contributed by atoms with Crippen molar-refractivity contribution in [1.82, 2.24) is 0 Å². The Morgan fingerprint density at radius 3 is 1.47 bits per heavy atom. The quantitative estimate of drug-likeness (QED) is 0.484. The standard InChI is InChI=1S/C12H20Cl2O/c1-11(2,13)7-5-9-15-10-6-8-12(3,4)14/h5-6,9-10H,7-8H2,1-4H3. The number of hydrogen-bond acceptors (Lipinski definition) is 1. The molecule has 0 saturated heterocycles. The highest BCUT2D eigenvalue weighted by Gasteiger charge is 2.10. The first-order chi connectivity index (χ1) is 6.71. The monoisotopic (exact) mass is 250 g/mol. The summed E-state index contributed by atoms with van der Waals surface area (Å²) >= 11 is 12.0. The van der Waals surface area contributed by atoms with Gasteiger partial charge in [0.2, 0.25) is 0 Å². The van der Waals surface area contributed by atoms with E-state index in [2.05, 4.69) is 0 Å². The predicted molar refractivity (Wildman–Crippen MR) is 68.5 cm³/mol. The van der Waals surface area contributed by atoms with E-state index in [1.54, 1.807) is 12.5 Å².